The van der Waals surface area contributed by atoms with Gasteiger partial charge in [-0.05, 0) is 55.4 Å². The fourth-order valence-corrected chi connectivity index (χ4v) is 3.62. The predicted molar refractivity (Wildman–Crippen MR) is 127 cm³/mol. The lowest BCUT2D eigenvalue weighted by Gasteiger charge is -2.32. The topological polar surface area (TPSA) is 99.7 Å². The van der Waals surface area contributed by atoms with Gasteiger partial charge in [-0.1, -0.05) is 18.2 Å². The molecule has 1 saturated heterocycles. The summed E-state index contributed by atoms with van der Waals surface area (Å²) in [5.74, 6) is -0.377. The van der Waals surface area contributed by atoms with Crippen molar-refractivity contribution in [1.29, 1.82) is 0 Å². The summed E-state index contributed by atoms with van der Waals surface area (Å²) in [5, 5.41) is 0. The molecule has 2 N–H and O–H groups in total. The van der Waals surface area contributed by atoms with Crippen molar-refractivity contribution in [2.75, 3.05) is 33.2 Å². The first-order valence-corrected chi connectivity index (χ1v) is 11.1. The molecule has 0 saturated carbocycles. The smallest absolute Gasteiger partial charge is 0.321 e. The van der Waals surface area contributed by atoms with Crippen molar-refractivity contribution in [3.05, 3.63) is 83.2 Å². The Morgan fingerprint density at radius 2 is 1.59 bits per heavy atom. The molecule has 2 aromatic carbocycles. The van der Waals surface area contributed by atoms with Crippen molar-refractivity contribution in [2.24, 2.45) is 0 Å². The first-order chi connectivity index (χ1) is 16.5. The van der Waals surface area contributed by atoms with Crippen LogP contribution < -0.4 is 15.6 Å². The van der Waals surface area contributed by atoms with Crippen LogP contribution in [0.25, 0.3) is 0 Å². The van der Waals surface area contributed by atoms with Crippen LogP contribution in [-0.2, 0) is 6.54 Å². The standard InChI is InChI=1S/C25H28N6O3/c1-18-7-8-21(16-22(18)34-25-26-9-4-10-27-25)24(33)29-28-23(32)20-6-3-5-19(15-20)17-31-13-11-30(2)12-14-31/h3-10,15-16H,11-14,17H2,1-2H3,(H,28,32)(H,29,33). The summed E-state index contributed by atoms with van der Waals surface area (Å²) < 4.78 is 5.68. The van der Waals surface area contributed by atoms with Gasteiger partial charge in [0.2, 0.25) is 0 Å². The third kappa shape index (κ3) is 6.15. The van der Waals surface area contributed by atoms with Crippen LogP contribution in [0.4, 0.5) is 0 Å². The minimum absolute atomic E-state index is 0.188. The normalized spacial score (nSPS) is 14.4. The van der Waals surface area contributed by atoms with Gasteiger partial charge in [-0.2, -0.15) is 0 Å². The van der Waals surface area contributed by atoms with E-state index < -0.39 is 5.91 Å². The van der Waals surface area contributed by atoms with Crippen molar-refractivity contribution < 1.29 is 14.3 Å². The molecule has 9 heteroatoms. The highest BCUT2D eigenvalue weighted by Crippen LogP contribution is 2.23. The number of rotatable bonds is 6. The molecule has 2 heterocycles. The molecule has 4 rings (SSSR count). The lowest BCUT2D eigenvalue weighted by molar-refractivity contribution is 0.0846. The van der Waals surface area contributed by atoms with Crippen molar-refractivity contribution in [3.63, 3.8) is 0 Å². The van der Waals surface area contributed by atoms with Gasteiger partial charge in [0, 0.05) is 56.2 Å². The Labute approximate surface area is 198 Å². The van der Waals surface area contributed by atoms with Gasteiger partial charge >= 0.3 is 6.01 Å². The van der Waals surface area contributed by atoms with Gasteiger partial charge in [-0.15, -0.1) is 0 Å². The third-order valence-corrected chi connectivity index (χ3v) is 5.67. The average molecular weight is 461 g/mol. The summed E-state index contributed by atoms with van der Waals surface area (Å²) in [6.45, 7) is 6.73. The van der Waals surface area contributed by atoms with Crippen LogP contribution in [0.1, 0.15) is 31.8 Å². The minimum atomic E-state index is -0.458. The number of amides is 2. The van der Waals surface area contributed by atoms with E-state index in [1.165, 1.54) is 0 Å². The molecule has 3 aromatic rings. The number of aryl methyl sites for hydroxylation is 1. The summed E-state index contributed by atoms with van der Waals surface area (Å²) in [7, 11) is 2.12. The van der Waals surface area contributed by atoms with Gasteiger partial charge < -0.3 is 9.64 Å². The van der Waals surface area contributed by atoms with Gasteiger partial charge in [0.25, 0.3) is 11.8 Å². The van der Waals surface area contributed by atoms with E-state index in [2.05, 4.69) is 37.7 Å². The second-order valence-electron chi connectivity index (χ2n) is 8.30. The SMILES string of the molecule is Cc1ccc(C(=O)NNC(=O)c2cccc(CN3CCN(C)CC3)c2)cc1Oc1ncccn1. The molecule has 0 unspecified atom stereocenters. The number of likely N-dealkylation sites (N-methyl/N-ethyl adjacent to an activating group) is 1. The number of hydrogen-bond donors (Lipinski definition) is 2. The Morgan fingerprint density at radius 1 is 0.912 bits per heavy atom. The van der Waals surface area contributed by atoms with E-state index in [0.29, 0.717) is 16.9 Å². The Balaban J connectivity index is 1.35. The number of aromatic nitrogens is 2. The van der Waals surface area contributed by atoms with Gasteiger partial charge in [0.05, 0.1) is 0 Å². The number of benzene rings is 2. The fourth-order valence-electron chi connectivity index (χ4n) is 3.62. The number of hydrogen-bond acceptors (Lipinski definition) is 7. The Bertz CT molecular complexity index is 1150. The van der Waals surface area contributed by atoms with Crippen LogP contribution in [0, 0.1) is 6.92 Å². The lowest BCUT2D eigenvalue weighted by Crippen LogP contribution is -2.44. The molecule has 0 radical (unpaired) electrons. The van der Waals surface area contributed by atoms with E-state index >= 15 is 0 Å². The zero-order valence-electron chi connectivity index (χ0n) is 19.3. The Hall–Kier alpha value is -3.82. The maximum atomic E-state index is 12.6. The molecule has 34 heavy (non-hydrogen) atoms. The van der Waals surface area contributed by atoms with Crippen LogP contribution in [0.3, 0.4) is 0 Å². The molecule has 1 aliphatic rings. The summed E-state index contributed by atoms with van der Waals surface area (Å²) >= 11 is 0. The summed E-state index contributed by atoms with van der Waals surface area (Å²) in [5.41, 5.74) is 7.67. The summed E-state index contributed by atoms with van der Waals surface area (Å²) in [6, 6.07) is 14.3. The van der Waals surface area contributed by atoms with Crippen molar-refractivity contribution in [3.8, 4) is 11.8 Å². The highest BCUT2D eigenvalue weighted by Gasteiger charge is 2.16. The monoisotopic (exact) mass is 460 g/mol. The molecule has 9 nitrogen and oxygen atoms in total. The molecule has 176 valence electrons. The van der Waals surface area contributed by atoms with Crippen molar-refractivity contribution in [2.45, 2.75) is 13.5 Å². The number of nitrogens with one attached hydrogen (secondary N) is 2. The van der Waals surface area contributed by atoms with Crippen LogP contribution in [0.2, 0.25) is 0 Å². The molecule has 0 bridgehead atoms. The van der Waals surface area contributed by atoms with E-state index in [4.69, 9.17) is 4.74 Å². The quantitative estimate of drug-likeness (QED) is 0.545. The van der Waals surface area contributed by atoms with E-state index in [1.54, 1.807) is 42.7 Å². The first kappa shape index (κ1) is 23.3. The van der Waals surface area contributed by atoms with Crippen LogP contribution in [0.15, 0.2) is 60.9 Å². The van der Waals surface area contributed by atoms with E-state index in [1.807, 2.05) is 25.1 Å². The molecule has 1 aromatic heterocycles. The van der Waals surface area contributed by atoms with Gasteiger partial charge in [0.15, 0.2) is 0 Å². The number of carbonyl (C=O) groups is 2. The molecule has 1 fully saturated rings. The number of carbonyl (C=O) groups excluding carboxylic acids is 2. The van der Waals surface area contributed by atoms with Crippen LogP contribution in [0.5, 0.6) is 11.8 Å². The van der Waals surface area contributed by atoms with Gasteiger partial charge in [-0.3, -0.25) is 25.3 Å². The average Bonchev–Trinajstić information content (AvgIpc) is 2.86. The maximum absolute atomic E-state index is 12.6. The first-order valence-electron chi connectivity index (χ1n) is 11.1. The number of piperazine rings is 1. The molecule has 2 amide bonds. The zero-order chi connectivity index (χ0) is 23.9. The highest BCUT2D eigenvalue weighted by molar-refractivity contribution is 5.99. The Kier molecular flexibility index (Phi) is 7.46. The highest BCUT2D eigenvalue weighted by atomic mass is 16.5. The minimum Gasteiger partial charge on any atom is -0.424 e. The lowest BCUT2D eigenvalue weighted by atomic mass is 10.1. The summed E-state index contributed by atoms with van der Waals surface area (Å²) in [6.07, 6.45) is 3.15. The van der Waals surface area contributed by atoms with E-state index in [0.717, 1.165) is 43.9 Å². The van der Waals surface area contributed by atoms with Crippen molar-refractivity contribution in [1.82, 2.24) is 30.6 Å². The van der Waals surface area contributed by atoms with Crippen molar-refractivity contribution >= 4 is 11.8 Å². The zero-order valence-corrected chi connectivity index (χ0v) is 19.3. The van der Waals surface area contributed by atoms with E-state index in [-0.39, 0.29) is 11.9 Å². The molecule has 0 spiro atoms. The summed E-state index contributed by atoms with van der Waals surface area (Å²) in [4.78, 5) is 38.0. The fraction of sp³-hybridized carbons (Fsp3) is 0.280. The molecule has 0 aliphatic carbocycles. The van der Waals surface area contributed by atoms with Crippen LogP contribution in [-0.4, -0.2) is 64.8 Å². The molecular formula is C25H28N6O3. The molecular weight excluding hydrogens is 432 g/mol. The maximum Gasteiger partial charge on any atom is 0.321 e. The number of nitrogens with zero attached hydrogens (tertiary/aromatic N) is 4. The molecule has 0 atom stereocenters. The second kappa shape index (κ2) is 10.9. The molecule has 1 aliphatic heterocycles. The largest absolute Gasteiger partial charge is 0.424 e. The predicted octanol–water partition coefficient (Wildman–Crippen LogP) is 2.40. The third-order valence-electron chi connectivity index (χ3n) is 5.67. The number of ether oxygens (including phenoxy) is 1. The van der Waals surface area contributed by atoms with Gasteiger partial charge in [-0.25, -0.2) is 9.97 Å². The van der Waals surface area contributed by atoms with Gasteiger partial charge in [0.1, 0.15) is 5.75 Å². The second-order valence-corrected chi connectivity index (χ2v) is 8.30. The van der Waals surface area contributed by atoms with E-state index in [9.17, 15) is 9.59 Å². The Morgan fingerprint density at radius 3 is 2.29 bits per heavy atom. The number of hydrazine groups is 1. The van der Waals surface area contributed by atoms with Crippen LogP contribution >= 0.6 is 0 Å².